The van der Waals surface area contributed by atoms with Crippen LogP contribution in [0.1, 0.15) is 16.1 Å². The van der Waals surface area contributed by atoms with Crippen LogP contribution in [0.15, 0.2) is 29.8 Å². The first kappa shape index (κ1) is 11.6. The number of aryl methyl sites for hydroxylation is 1. The van der Waals surface area contributed by atoms with E-state index >= 15 is 0 Å². The molecule has 0 saturated heterocycles. The first-order valence-corrected chi connectivity index (χ1v) is 6.31. The molecule has 0 spiro atoms. The van der Waals surface area contributed by atoms with E-state index in [1.54, 1.807) is 11.3 Å². The molecule has 0 radical (unpaired) electrons. The lowest BCUT2D eigenvalue weighted by Crippen LogP contribution is -2.05. The Balaban J connectivity index is 1.95. The zero-order valence-corrected chi connectivity index (χ0v) is 10.4. The molecule has 0 aliphatic rings. The number of hydrogen-bond donors (Lipinski definition) is 1. The van der Waals surface area contributed by atoms with Gasteiger partial charge in [-0.1, -0.05) is 12.1 Å². The maximum atomic E-state index is 8.95. The fourth-order valence-corrected chi connectivity index (χ4v) is 2.39. The van der Waals surface area contributed by atoms with Gasteiger partial charge in [-0.3, -0.25) is 0 Å². The topological polar surface area (TPSA) is 48.7 Å². The summed E-state index contributed by atoms with van der Waals surface area (Å²) in [5.74, 6) is 0. The number of rotatable bonds is 4. The number of nitriles is 1. The van der Waals surface area contributed by atoms with Crippen molar-refractivity contribution >= 4 is 17.0 Å². The molecule has 2 rings (SSSR count). The smallest absolute Gasteiger partial charge is 0.101 e. The van der Waals surface area contributed by atoms with Gasteiger partial charge in [0.05, 0.1) is 22.5 Å². The summed E-state index contributed by atoms with van der Waals surface area (Å²) in [6, 6.07) is 9.73. The highest BCUT2D eigenvalue weighted by molar-refractivity contribution is 7.09. The molecule has 0 fully saturated rings. The van der Waals surface area contributed by atoms with Crippen molar-refractivity contribution in [2.45, 2.75) is 13.3 Å². The van der Waals surface area contributed by atoms with E-state index in [4.69, 9.17) is 5.26 Å². The standard InChI is InChI=1S/C13H13N3S/c1-10-13(17-9-16-10)6-7-15-12-5-3-2-4-11(12)8-14/h2-5,9,15H,6-7H2,1H3. The lowest BCUT2D eigenvalue weighted by Gasteiger charge is -2.07. The quantitative estimate of drug-likeness (QED) is 0.898. The van der Waals surface area contributed by atoms with Crippen LogP contribution in [0, 0.1) is 18.3 Å². The third-order valence-electron chi connectivity index (χ3n) is 2.56. The zero-order chi connectivity index (χ0) is 12.1. The Morgan fingerprint density at radius 1 is 1.41 bits per heavy atom. The second-order valence-electron chi connectivity index (χ2n) is 3.70. The summed E-state index contributed by atoms with van der Waals surface area (Å²) in [6.07, 6.45) is 0.941. The minimum Gasteiger partial charge on any atom is -0.384 e. The van der Waals surface area contributed by atoms with Crippen LogP contribution in [0.25, 0.3) is 0 Å². The van der Waals surface area contributed by atoms with Crippen LogP contribution in [-0.2, 0) is 6.42 Å². The summed E-state index contributed by atoms with van der Waals surface area (Å²) in [6.45, 7) is 2.84. The first-order valence-electron chi connectivity index (χ1n) is 5.43. The van der Waals surface area contributed by atoms with Gasteiger partial charge in [0, 0.05) is 17.8 Å². The lowest BCUT2D eigenvalue weighted by atomic mass is 10.2. The highest BCUT2D eigenvalue weighted by Gasteiger charge is 2.02. The fourth-order valence-electron chi connectivity index (χ4n) is 1.61. The van der Waals surface area contributed by atoms with Crippen LogP contribution in [0.2, 0.25) is 0 Å². The molecule has 17 heavy (non-hydrogen) atoms. The highest BCUT2D eigenvalue weighted by Crippen LogP contribution is 2.15. The van der Waals surface area contributed by atoms with Crippen molar-refractivity contribution in [2.24, 2.45) is 0 Å². The van der Waals surface area contributed by atoms with E-state index < -0.39 is 0 Å². The molecule has 3 nitrogen and oxygen atoms in total. The maximum Gasteiger partial charge on any atom is 0.101 e. The normalized spacial score (nSPS) is 9.88. The van der Waals surface area contributed by atoms with Gasteiger partial charge in [0.25, 0.3) is 0 Å². The van der Waals surface area contributed by atoms with Crippen molar-refractivity contribution < 1.29 is 0 Å². The van der Waals surface area contributed by atoms with Gasteiger partial charge in [-0.25, -0.2) is 4.98 Å². The first-order chi connectivity index (χ1) is 8.31. The third kappa shape index (κ3) is 2.83. The third-order valence-corrected chi connectivity index (χ3v) is 3.55. The maximum absolute atomic E-state index is 8.95. The molecule has 0 aliphatic heterocycles. The van der Waals surface area contributed by atoms with E-state index in [-0.39, 0.29) is 0 Å². The van der Waals surface area contributed by atoms with Gasteiger partial charge in [-0.05, 0) is 19.1 Å². The van der Waals surface area contributed by atoms with Crippen LogP contribution in [-0.4, -0.2) is 11.5 Å². The molecule has 86 valence electrons. The number of nitrogens with one attached hydrogen (secondary N) is 1. The molecule has 2 aromatic rings. The van der Waals surface area contributed by atoms with Gasteiger partial charge < -0.3 is 5.32 Å². The van der Waals surface area contributed by atoms with Crippen LogP contribution < -0.4 is 5.32 Å². The summed E-state index contributed by atoms with van der Waals surface area (Å²) < 4.78 is 0. The van der Waals surface area contributed by atoms with Crippen molar-refractivity contribution in [2.75, 3.05) is 11.9 Å². The van der Waals surface area contributed by atoms with Gasteiger partial charge in [-0.2, -0.15) is 5.26 Å². The van der Waals surface area contributed by atoms with Crippen LogP contribution >= 0.6 is 11.3 Å². The number of nitrogens with zero attached hydrogens (tertiary/aromatic N) is 2. The molecular formula is C13H13N3S. The van der Waals surface area contributed by atoms with E-state index in [2.05, 4.69) is 16.4 Å². The van der Waals surface area contributed by atoms with Crippen molar-refractivity contribution in [1.29, 1.82) is 5.26 Å². The van der Waals surface area contributed by atoms with Gasteiger partial charge in [0.15, 0.2) is 0 Å². The Labute approximate surface area is 105 Å². The molecule has 1 aromatic carbocycles. The van der Waals surface area contributed by atoms with Crippen LogP contribution in [0.3, 0.4) is 0 Å². The molecule has 0 unspecified atom stereocenters. The number of hydrogen-bond acceptors (Lipinski definition) is 4. The average molecular weight is 243 g/mol. The molecule has 0 aliphatic carbocycles. The van der Waals surface area contributed by atoms with Gasteiger partial charge in [-0.15, -0.1) is 11.3 Å². The van der Waals surface area contributed by atoms with E-state index in [0.29, 0.717) is 5.56 Å². The Kier molecular flexibility index (Phi) is 3.73. The SMILES string of the molecule is Cc1ncsc1CCNc1ccccc1C#N. The summed E-state index contributed by atoms with van der Waals surface area (Å²) in [5.41, 5.74) is 4.56. The molecular weight excluding hydrogens is 230 g/mol. The van der Waals surface area contributed by atoms with E-state index in [9.17, 15) is 0 Å². The second-order valence-corrected chi connectivity index (χ2v) is 4.63. The number of aromatic nitrogens is 1. The van der Waals surface area contributed by atoms with Crippen molar-refractivity contribution in [3.05, 3.63) is 45.9 Å². The molecule has 1 N–H and O–H groups in total. The Morgan fingerprint density at radius 2 is 2.24 bits per heavy atom. The van der Waals surface area contributed by atoms with Gasteiger partial charge >= 0.3 is 0 Å². The summed E-state index contributed by atoms with van der Waals surface area (Å²) >= 11 is 1.68. The predicted molar refractivity (Wildman–Crippen MR) is 70.2 cm³/mol. The molecule has 1 aromatic heterocycles. The van der Waals surface area contributed by atoms with Gasteiger partial charge in [0.2, 0.25) is 0 Å². The fraction of sp³-hybridized carbons (Fsp3) is 0.231. The zero-order valence-electron chi connectivity index (χ0n) is 9.60. The average Bonchev–Trinajstić information content (AvgIpc) is 2.76. The number of thiazole rings is 1. The number of para-hydroxylation sites is 1. The molecule has 0 saturated carbocycles. The van der Waals surface area contributed by atoms with Crippen molar-refractivity contribution in [3.8, 4) is 6.07 Å². The number of anilines is 1. The van der Waals surface area contributed by atoms with Crippen molar-refractivity contribution in [3.63, 3.8) is 0 Å². The molecule has 0 bridgehead atoms. The van der Waals surface area contributed by atoms with Crippen LogP contribution in [0.5, 0.6) is 0 Å². The van der Waals surface area contributed by atoms with Crippen LogP contribution in [0.4, 0.5) is 5.69 Å². The molecule has 4 heteroatoms. The largest absolute Gasteiger partial charge is 0.384 e. The Bertz CT molecular complexity index is 540. The summed E-state index contributed by atoms with van der Waals surface area (Å²) in [4.78, 5) is 5.51. The minimum absolute atomic E-state index is 0.688. The van der Waals surface area contributed by atoms with Crippen molar-refractivity contribution in [1.82, 2.24) is 4.98 Å². The predicted octanol–water partition coefficient (Wildman–Crippen LogP) is 2.98. The molecule has 0 atom stereocenters. The minimum atomic E-state index is 0.688. The molecule has 1 heterocycles. The lowest BCUT2D eigenvalue weighted by molar-refractivity contribution is 1.02. The Hall–Kier alpha value is -1.86. The second kappa shape index (κ2) is 5.46. The van der Waals surface area contributed by atoms with E-state index in [1.807, 2.05) is 36.7 Å². The number of benzene rings is 1. The van der Waals surface area contributed by atoms with Gasteiger partial charge in [0.1, 0.15) is 6.07 Å². The monoisotopic (exact) mass is 243 g/mol. The highest BCUT2D eigenvalue weighted by atomic mass is 32.1. The summed E-state index contributed by atoms with van der Waals surface area (Å²) in [7, 11) is 0. The van der Waals surface area contributed by atoms with E-state index in [1.165, 1.54) is 4.88 Å². The summed E-state index contributed by atoms with van der Waals surface area (Å²) in [5, 5.41) is 12.2. The van der Waals surface area contributed by atoms with E-state index in [0.717, 1.165) is 24.3 Å². The Morgan fingerprint density at radius 3 is 2.94 bits per heavy atom. The molecule has 0 amide bonds.